The Morgan fingerprint density at radius 1 is 1.39 bits per heavy atom. The number of thiazole rings is 1. The van der Waals surface area contributed by atoms with Crippen LogP contribution in [0.4, 0.5) is 19.7 Å². The second kappa shape index (κ2) is 9.18. The molecule has 11 heteroatoms. The van der Waals surface area contributed by atoms with Gasteiger partial charge in [-0.25, -0.2) is 19.0 Å². The van der Waals surface area contributed by atoms with Crippen molar-refractivity contribution in [2.45, 2.75) is 39.0 Å². The molecule has 33 heavy (non-hydrogen) atoms. The molecule has 1 aliphatic rings. The number of hydrogen-bond donors (Lipinski definition) is 1. The first-order valence-corrected chi connectivity index (χ1v) is 11.2. The molecule has 0 aliphatic carbocycles. The number of benzene rings is 1. The maximum Gasteiger partial charge on any atom is 0.414 e. The topological polar surface area (TPSA) is 98.6 Å². The highest BCUT2D eigenvalue weighted by molar-refractivity contribution is 7.13. The number of hydrogen-bond acceptors (Lipinski definition) is 7. The Morgan fingerprint density at radius 3 is 2.91 bits per heavy atom. The number of cyclic esters (lactones) is 1. The Balaban J connectivity index is 1.39. The molecule has 1 saturated heterocycles. The highest BCUT2D eigenvalue weighted by Crippen LogP contribution is 2.31. The molecular weight excluding hydrogens is 449 g/mol. The van der Waals surface area contributed by atoms with Crippen LogP contribution >= 0.6 is 11.3 Å². The Labute approximate surface area is 194 Å². The predicted molar refractivity (Wildman–Crippen MR) is 121 cm³/mol. The minimum atomic E-state index is -0.626. The van der Waals surface area contributed by atoms with Crippen molar-refractivity contribution in [3.63, 3.8) is 0 Å². The molecule has 1 atom stereocenters. The molecule has 3 heterocycles. The molecule has 1 aliphatic heterocycles. The summed E-state index contributed by atoms with van der Waals surface area (Å²) in [5.41, 5.74) is 0.880. The Bertz CT molecular complexity index is 1140. The van der Waals surface area contributed by atoms with Gasteiger partial charge in [-0.15, -0.1) is 11.3 Å². The maximum absolute atomic E-state index is 14.9. The Morgan fingerprint density at radius 2 is 2.21 bits per heavy atom. The van der Waals surface area contributed by atoms with Gasteiger partial charge in [-0.3, -0.25) is 9.58 Å². The maximum atomic E-state index is 14.9. The quantitative estimate of drug-likeness (QED) is 0.580. The number of alkyl carbamates (subject to hydrolysis) is 1. The summed E-state index contributed by atoms with van der Waals surface area (Å²) < 4.78 is 27.1. The lowest BCUT2D eigenvalue weighted by Gasteiger charge is -2.20. The van der Waals surface area contributed by atoms with Crippen LogP contribution in [0.15, 0.2) is 42.0 Å². The van der Waals surface area contributed by atoms with E-state index in [-0.39, 0.29) is 13.1 Å². The van der Waals surface area contributed by atoms with Gasteiger partial charge in [-0.05, 0) is 45.0 Å². The van der Waals surface area contributed by atoms with Crippen LogP contribution in [0, 0.1) is 5.82 Å². The number of anilines is 1. The third-order valence-electron chi connectivity index (χ3n) is 4.68. The van der Waals surface area contributed by atoms with Crippen molar-refractivity contribution in [2.75, 3.05) is 18.0 Å². The molecule has 2 amide bonds. The summed E-state index contributed by atoms with van der Waals surface area (Å²) in [5.74, 6) is -0.490. The number of nitrogens with one attached hydrogen (secondary N) is 1. The zero-order valence-corrected chi connectivity index (χ0v) is 19.3. The van der Waals surface area contributed by atoms with Crippen LogP contribution < -0.4 is 10.2 Å². The van der Waals surface area contributed by atoms with Crippen molar-refractivity contribution < 1.29 is 23.5 Å². The normalized spacial score (nSPS) is 16.1. The Kier molecular flexibility index (Phi) is 6.32. The van der Waals surface area contributed by atoms with E-state index in [9.17, 15) is 14.0 Å². The van der Waals surface area contributed by atoms with Gasteiger partial charge in [0.1, 0.15) is 22.5 Å². The predicted octanol–water partition coefficient (Wildman–Crippen LogP) is 4.04. The average molecular weight is 474 g/mol. The molecule has 1 N–H and O–H groups in total. The van der Waals surface area contributed by atoms with Gasteiger partial charge in [0.15, 0.2) is 0 Å². The monoisotopic (exact) mass is 473 g/mol. The molecule has 0 saturated carbocycles. The van der Waals surface area contributed by atoms with Crippen LogP contribution in [0.3, 0.4) is 0 Å². The van der Waals surface area contributed by atoms with Gasteiger partial charge in [-0.1, -0.05) is 0 Å². The lowest BCUT2D eigenvalue weighted by atomic mass is 10.2. The van der Waals surface area contributed by atoms with E-state index in [0.717, 1.165) is 5.69 Å². The molecule has 0 unspecified atom stereocenters. The number of halogens is 1. The average Bonchev–Trinajstić information content (AvgIpc) is 3.47. The fraction of sp³-hybridized carbons (Fsp3) is 0.364. The third-order valence-corrected chi connectivity index (χ3v) is 5.60. The number of rotatable bonds is 6. The van der Waals surface area contributed by atoms with E-state index < -0.39 is 29.7 Å². The van der Waals surface area contributed by atoms with Crippen molar-refractivity contribution in [2.24, 2.45) is 0 Å². The van der Waals surface area contributed by atoms with E-state index in [1.165, 1.54) is 22.3 Å². The molecule has 9 nitrogen and oxygen atoms in total. The van der Waals surface area contributed by atoms with Crippen LogP contribution in [-0.4, -0.2) is 51.7 Å². The largest absolute Gasteiger partial charge is 0.444 e. The molecule has 0 radical (unpaired) electrons. The highest BCUT2D eigenvalue weighted by atomic mass is 32.1. The summed E-state index contributed by atoms with van der Waals surface area (Å²) in [7, 11) is 0. The number of carbonyl (C=O) groups excluding carboxylic acids is 2. The first kappa shape index (κ1) is 22.7. The summed E-state index contributed by atoms with van der Waals surface area (Å²) >= 11 is 1.34. The highest BCUT2D eigenvalue weighted by Gasteiger charge is 2.33. The lowest BCUT2D eigenvalue weighted by Crippen LogP contribution is -2.38. The number of ether oxygens (including phenoxy) is 2. The summed E-state index contributed by atoms with van der Waals surface area (Å²) in [4.78, 5) is 29.9. The van der Waals surface area contributed by atoms with Gasteiger partial charge in [0.2, 0.25) is 0 Å². The van der Waals surface area contributed by atoms with Crippen LogP contribution in [-0.2, 0) is 16.0 Å². The Hall–Kier alpha value is -3.47. The van der Waals surface area contributed by atoms with E-state index in [1.54, 1.807) is 43.8 Å². The molecule has 0 spiro atoms. The fourth-order valence-electron chi connectivity index (χ4n) is 3.26. The summed E-state index contributed by atoms with van der Waals surface area (Å²) in [5, 5.41) is 9.14. The number of amides is 2. The second-order valence-electron chi connectivity index (χ2n) is 8.51. The SMILES string of the molecule is CC(C)(C)OC(=O)NC[C@H]1CN(c2ccc(-c3nc(Cn4cccn4)cs3)c(F)c2)C(=O)O1. The zero-order chi connectivity index (χ0) is 23.6. The number of aromatic nitrogens is 3. The van der Waals surface area contributed by atoms with Gasteiger partial charge in [-0.2, -0.15) is 5.10 Å². The van der Waals surface area contributed by atoms with Crippen LogP contribution in [0.25, 0.3) is 10.6 Å². The standard InChI is InChI=1S/C22H24FN5O4S/c1-22(2,3)32-20(29)24-10-16-12-28(21(30)31-16)15-5-6-17(18(23)9-15)19-26-14(13-33-19)11-27-8-4-7-25-27/h4-9,13,16H,10-12H2,1-3H3,(H,24,29)/t16-/m0/s1. The summed E-state index contributed by atoms with van der Waals surface area (Å²) in [6.45, 7) is 6.05. The van der Waals surface area contributed by atoms with Crippen LogP contribution in [0.2, 0.25) is 0 Å². The fourth-order valence-corrected chi connectivity index (χ4v) is 4.10. The van der Waals surface area contributed by atoms with Gasteiger partial charge in [0.25, 0.3) is 0 Å². The minimum Gasteiger partial charge on any atom is -0.444 e. The molecule has 1 aromatic carbocycles. The molecular formula is C22H24FN5O4S. The number of carbonyl (C=O) groups is 2. The van der Waals surface area contributed by atoms with Gasteiger partial charge < -0.3 is 14.8 Å². The van der Waals surface area contributed by atoms with Crippen molar-refractivity contribution in [3.8, 4) is 10.6 Å². The van der Waals surface area contributed by atoms with Crippen molar-refractivity contribution in [3.05, 3.63) is 53.6 Å². The molecule has 174 valence electrons. The first-order chi connectivity index (χ1) is 15.7. The summed E-state index contributed by atoms with van der Waals surface area (Å²) in [6.07, 6.45) is 1.75. The zero-order valence-electron chi connectivity index (χ0n) is 18.4. The van der Waals surface area contributed by atoms with E-state index in [4.69, 9.17) is 9.47 Å². The summed E-state index contributed by atoms with van der Waals surface area (Å²) in [6, 6.07) is 6.36. The van der Waals surface area contributed by atoms with Crippen molar-refractivity contribution >= 4 is 29.2 Å². The molecule has 4 rings (SSSR count). The number of nitrogens with zero attached hydrogens (tertiary/aromatic N) is 4. The van der Waals surface area contributed by atoms with Gasteiger partial charge >= 0.3 is 12.2 Å². The third kappa shape index (κ3) is 5.67. The van der Waals surface area contributed by atoms with E-state index in [2.05, 4.69) is 15.4 Å². The van der Waals surface area contributed by atoms with E-state index in [0.29, 0.717) is 22.8 Å². The lowest BCUT2D eigenvalue weighted by molar-refractivity contribution is 0.0496. The van der Waals surface area contributed by atoms with E-state index in [1.807, 2.05) is 17.6 Å². The van der Waals surface area contributed by atoms with Crippen LogP contribution in [0.1, 0.15) is 26.5 Å². The smallest absolute Gasteiger partial charge is 0.414 e. The molecule has 1 fully saturated rings. The van der Waals surface area contributed by atoms with E-state index >= 15 is 0 Å². The van der Waals surface area contributed by atoms with Crippen LogP contribution in [0.5, 0.6) is 0 Å². The second-order valence-corrected chi connectivity index (χ2v) is 9.37. The molecule has 0 bridgehead atoms. The molecule has 3 aromatic rings. The van der Waals surface area contributed by atoms with Crippen molar-refractivity contribution in [1.82, 2.24) is 20.1 Å². The minimum absolute atomic E-state index is 0.0931. The molecule has 2 aromatic heterocycles. The first-order valence-electron chi connectivity index (χ1n) is 10.3. The van der Waals surface area contributed by atoms with Gasteiger partial charge in [0.05, 0.1) is 31.0 Å². The van der Waals surface area contributed by atoms with Crippen molar-refractivity contribution in [1.29, 1.82) is 0 Å². The van der Waals surface area contributed by atoms with Gasteiger partial charge in [0, 0.05) is 23.3 Å².